The zero-order chi connectivity index (χ0) is 45.3. The van der Waals surface area contributed by atoms with E-state index in [9.17, 15) is 20.4 Å². The van der Waals surface area contributed by atoms with Gasteiger partial charge in [-0.15, -0.1) is 0 Å². The predicted molar refractivity (Wildman–Crippen MR) is 253 cm³/mol. The first-order chi connectivity index (χ1) is 32.2. The van der Waals surface area contributed by atoms with E-state index >= 15 is 0 Å². The fourth-order valence-electron chi connectivity index (χ4n) is 12.7. The van der Waals surface area contributed by atoms with Crippen LogP contribution in [0.15, 0.2) is 78.9 Å². The van der Waals surface area contributed by atoms with E-state index in [0.29, 0.717) is 58.6 Å². The highest BCUT2D eigenvalue weighted by atomic mass is 16.5. The molecular weight excluding hydrogens is 833 g/mol. The number of aliphatic hydroxyl groups is 3. The maximum absolute atomic E-state index is 12.6. The van der Waals surface area contributed by atoms with Crippen LogP contribution >= 0.6 is 0 Å². The number of rotatable bonds is 13. The van der Waals surface area contributed by atoms with E-state index in [2.05, 4.69) is 78.2 Å². The highest BCUT2D eigenvalue weighted by Crippen LogP contribution is 2.59. The Labute approximate surface area is 385 Å². The Morgan fingerprint density at radius 3 is 2.17 bits per heavy atom. The molecule has 11 rings (SSSR count). The Kier molecular flexibility index (Phi) is 11.0. The zero-order valence-electron chi connectivity index (χ0n) is 37.9. The number of fused-ring (bicyclic) bond motifs is 4. The number of ether oxygens (including phenoxy) is 5. The van der Waals surface area contributed by atoms with Gasteiger partial charge in [0.25, 0.3) is 0 Å². The van der Waals surface area contributed by atoms with Crippen LogP contribution in [-0.2, 0) is 18.3 Å². The maximum Gasteiger partial charge on any atom is 0.200 e. The van der Waals surface area contributed by atoms with Crippen LogP contribution in [0.4, 0.5) is 5.69 Å². The van der Waals surface area contributed by atoms with Crippen LogP contribution in [-0.4, -0.2) is 66.7 Å². The molecule has 4 aliphatic carbocycles. The monoisotopic (exact) mass is 892 g/mol. The summed E-state index contributed by atoms with van der Waals surface area (Å²) < 4.78 is 31.9. The van der Waals surface area contributed by atoms with E-state index in [-0.39, 0.29) is 48.4 Å². The van der Waals surface area contributed by atoms with Crippen molar-refractivity contribution in [2.75, 3.05) is 45.9 Å². The molecule has 7 atom stereocenters. The molecular formula is C55H60N2O9. The van der Waals surface area contributed by atoms with Crippen LogP contribution in [0, 0.1) is 17.8 Å². The van der Waals surface area contributed by atoms with Gasteiger partial charge in [-0.05, 0) is 96.2 Å². The van der Waals surface area contributed by atoms with E-state index in [4.69, 9.17) is 23.7 Å². The predicted octanol–water partition coefficient (Wildman–Crippen LogP) is 7.29. The number of phenolic OH excluding ortho intramolecular Hbond substituents is 1. The molecule has 11 nitrogen and oxygen atoms in total. The summed E-state index contributed by atoms with van der Waals surface area (Å²) in [5.41, 5.74) is 6.76. The van der Waals surface area contributed by atoms with Crippen molar-refractivity contribution >= 4 is 17.8 Å². The first kappa shape index (κ1) is 42.9. The molecule has 0 amide bonds. The van der Waals surface area contributed by atoms with E-state index in [1.807, 2.05) is 18.2 Å². The number of aromatic hydroxyl groups is 1. The summed E-state index contributed by atoms with van der Waals surface area (Å²) >= 11 is 0. The summed E-state index contributed by atoms with van der Waals surface area (Å²) in [4.78, 5) is 0. The molecule has 5 aromatic rings. The molecule has 0 saturated heterocycles. The van der Waals surface area contributed by atoms with Gasteiger partial charge in [0.05, 0.1) is 39.1 Å². The lowest BCUT2D eigenvalue weighted by molar-refractivity contribution is 0.0379. The molecule has 6 aliphatic rings. The van der Waals surface area contributed by atoms with Crippen LogP contribution in [0.2, 0.25) is 0 Å². The number of hydrogen-bond acceptors (Lipinski definition) is 11. The average molecular weight is 893 g/mol. The van der Waals surface area contributed by atoms with Gasteiger partial charge in [0.2, 0.25) is 5.75 Å². The van der Waals surface area contributed by atoms with Gasteiger partial charge in [0.15, 0.2) is 23.5 Å². The van der Waals surface area contributed by atoms with Crippen molar-refractivity contribution in [1.82, 2.24) is 5.32 Å². The van der Waals surface area contributed by atoms with Crippen LogP contribution < -0.4 is 44.8 Å². The normalized spacial score (nSPS) is 25.3. The second-order valence-corrected chi connectivity index (χ2v) is 19.3. The Bertz CT molecular complexity index is 2760. The SMILES string of the molecule is CCNC1(Oc2cc(OC)c3c4c2[C@@H](O)Nc2cc5c(c(c2-4)CC3)[C@@H](O)[C@H](c2cc(OC)c(O)c(OC[C@@H](CO)C3(c4ccccc4)C[C@H]4C=c6ccccc6=C[C@H]4C3)c2)CO5)CCCC1. The van der Waals surface area contributed by atoms with Gasteiger partial charge in [-0.2, -0.15) is 0 Å². The third-order valence-electron chi connectivity index (χ3n) is 15.8. The van der Waals surface area contributed by atoms with E-state index in [1.54, 1.807) is 19.2 Å². The molecule has 2 heterocycles. The fraction of sp³-hybridized carbons (Fsp3) is 0.418. The highest BCUT2D eigenvalue weighted by Gasteiger charge is 2.50. The third kappa shape index (κ3) is 6.92. The van der Waals surface area contributed by atoms with Gasteiger partial charge in [-0.25, -0.2) is 0 Å². The van der Waals surface area contributed by atoms with Gasteiger partial charge < -0.3 is 49.4 Å². The molecule has 344 valence electrons. The second kappa shape index (κ2) is 16.9. The number of anilines is 1. The number of nitrogens with one attached hydrogen (secondary N) is 2. The minimum Gasteiger partial charge on any atom is -0.502 e. The molecule has 11 heteroatoms. The zero-order valence-corrected chi connectivity index (χ0v) is 37.9. The lowest BCUT2D eigenvalue weighted by Crippen LogP contribution is -2.48. The molecule has 5 aromatic carbocycles. The van der Waals surface area contributed by atoms with Crippen molar-refractivity contribution in [2.24, 2.45) is 17.8 Å². The molecule has 66 heavy (non-hydrogen) atoms. The lowest BCUT2D eigenvalue weighted by atomic mass is 9.68. The first-order valence-electron chi connectivity index (χ1n) is 23.8. The quantitative estimate of drug-likeness (QED) is 0.0662. The lowest BCUT2D eigenvalue weighted by Gasteiger charge is -2.40. The molecule has 2 saturated carbocycles. The molecule has 1 unspecified atom stereocenters. The molecule has 0 aromatic heterocycles. The van der Waals surface area contributed by atoms with Crippen LogP contribution in [0.25, 0.3) is 23.3 Å². The van der Waals surface area contributed by atoms with Gasteiger partial charge >= 0.3 is 0 Å². The van der Waals surface area contributed by atoms with Crippen LogP contribution in [0.3, 0.4) is 0 Å². The largest absolute Gasteiger partial charge is 0.502 e. The number of phenols is 1. The van der Waals surface area contributed by atoms with Crippen molar-refractivity contribution in [2.45, 2.75) is 87.7 Å². The second-order valence-electron chi connectivity index (χ2n) is 19.3. The minimum atomic E-state index is -1.04. The molecule has 0 bridgehead atoms. The Morgan fingerprint density at radius 2 is 1.48 bits per heavy atom. The van der Waals surface area contributed by atoms with Crippen molar-refractivity contribution < 1.29 is 44.1 Å². The van der Waals surface area contributed by atoms with Crippen molar-refractivity contribution in [1.29, 1.82) is 0 Å². The van der Waals surface area contributed by atoms with E-state index < -0.39 is 24.0 Å². The summed E-state index contributed by atoms with van der Waals surface area (Å²) in [5.74, 6) is 1.91. The topological polar surface area (TPSA) is 151 Å². The minimum absolute atomic E-state index is 0.106. The Morgan fingerprint density at radius 1 is 0.803 bits per heavy atom. The van der Waals surface area contributed by atoms with Gasteiger partial charge in [0.1, 0.15) is 17.2 Å². The first-order valence-corrected chi connectivity index (χ1v) is 23.8. The summed E-state index contributed by atoms with van der Waals surface area (Å²) in [6.45, 7) is 3.02. The smallest absolute Gasteiger partial charge is 0.200 e. The number of aliphatic hydroxyl groups excluding tert-OH is 3. The summed E-state index contributed by atoms with van der Waals surface area (Å²) in [7, 11) is 3.18. The van der Waals surface area contributed by atoms with Crippen LogP contribution in [0.5, 0.6) is 34.5 Å². The van der Waals surface area contributed by atoms with Crippen molar-refractivity contribution in [3.8, 4) is 45.6 Å². The van der Waals surface area contributed by atoms with Gasteiger partial charge in [-0.3, -0.25) is 5.32 Å². The number of hydrogen-bond donors (Lipinski definition) is 6. The molecule has 6 N–H and O–H groups in total. The summed E-state index contributed by atoms with van der Waals surface area (Å²) in [6, 6.07) is 26.3. The van der Waals surface area contributed by atoms with E-state index in [0.717, 1.165) is 73.0 Å². The highest BCUT2D eigenvalue weighted by molar-refractivity contribution is 5.93. The van der Waals surface area contributed by atoms with E-state index in [1.165, 1.54) is 23.1 Å². The fourth-order valence-corrected chi connectivity index (χ4v) is 12.7. The Hall–Kier alpha value is -5.72. The molecule has 2 aliphatic heterocycles. The standard InChI is InChI=1S/C55H60N2O9/c1-4-56-55(18-10-11-19-55)66-44-25-42(62-2)38-16-17-39-47-41(57-53(61)50(44)49(38)47)24-43-48(39)51(59)40(30-65-43)33-22-45(63-3)52(60)46(23-33)64-29-37(28-58)54(36-14-6-5-7-15-36)26-34-20-31-12-8-9-13-32(31)21-35(34)27-54/h5-9,12-15,20-25,34-35,37,40,51,53,56-61H,4,10-11,16-19,26-30H2,1-3H3/t34-,35+,37-,40+,51+,53-,54?/m1/s1. The summed E-state index contributed by atoms with van der Waals surface area (Å²) in [6.07, 6.45) is 9.55. The maximum atomic E-state index is 12.6. The van der Waals surface area contributed by atoms with Crippen molar-refractivity contribution in [3.63, 3.8) is 0 Å². The molecule has 0 spiro atoms. The van der Waals surface area contributed by atoms with Crippen molar-refractivity contribution in [3.05, 3.63) is 123 Å². The number of methoxy groups -OCH3 is 2. The molecule has 2 fully saturated rings. The van der Waals surface area contributed by atoms with Crippen LogP contribution in [0.1, 0.15) is 97.1 Å². The average Bonchev–Trinajstić information content (AvgIpc) is 3.96. The van der Waals surface area contributed by atoms with Gasteiger partial charge in [0, 0.05) is 76.8 Å². The van der Waals surface area contributed by atoms with Gasteiger partial charge in [-0.1, -0.05) is 73.7 Å². The molecule has 0 radical (unpaired) electrons. The Balaban J connectivity index is 0.927. The third-order valence-corrected chi connectivity index (χ3v) is 15.8. The number of benzene rings is 5. The summed E-state index contributed by atoms with van der Waals surface area (Å²) in [5, 5.41) is 56.7.